The molecule has 0 fully saturated rings. The minimum absolute atomic E-state index is 0.0631. The Bertz CT molecular complexity index is 2720. The maximum absolute atomic E-state index is 4.91. The molecule has 2 aliphatic heterocycles. The van der Waals surface area contributed by atoms with Crippen LogP contribution >= 0.6 is 0 Å². The average Bonchev–Trinajstić information content (AvgIpc) is 3.61. The maximum atomic E-state index is 4.91. The molecular weight excluding hydrogens is 593 g/mol. The van der Waals surface area contributed by atoms with Crippen LogP contribution in [0, 0.1) is 0 Å². The number of hydrogen-bond donors (Lipinski definition) is 0. The lowest BCUT2D eigenvalue weighted by Gasteiger charge is -2.40. The van der Waals surface area contributed by atoms with Gasteiger partial charge in [0, 0.05) is 27.1 Å². The molecule has 4 heterocycles. The van der Waals surface area contributed by atoms with Gasteiger partial charge in [0.25, 0.3) is 0 Å². The molecule has 2 atom stereocenters. The maximum Gasteiger partial charge on any atom is 0.226 e. The topological polar surface area (TPSA) is 8.81 Å². The van der Waals surface area contributed by atoms with E-state index in [-0.39, 0.29) is 21.7 Å². The summed E-state index contributed by atoms with van der Waals surface area (Å²) in [5.41, 5.74) is 16.8. The molecule has 2 unspecified atom stereocenters. The Morgan fingerprint density at radius 2 is 1.47 bits per heavy atom. The first-order valence-corrected chi connectivity index (χ1v) is 18.4. The molecule has 2 aliphatic carbocycles. The van der Waals surface area contributed by atoms with E-state index in [0.29, 0.717) is 0 Å². The minimum Gasteiger partial charge on any atom is -0.309 e. The van der Waals surface area contributed by atoms with E-state index in [1.807, 2.05) is 0 Å². The van der Waals surface area contributed by atoms with Gasteiger partial charge in [-0.15, -0.1) is 0 Å². The van der Waals surface area contributed by atoms with Crippen LogP contribution in [0.25, 0.3) is 66.0 Å². The number of allylic oxidation sites excluding steroid dienone is 1. The van der Waals surface area contributed by atoms with Crippen molar-refractivity contribution in [3.05, 3.63) is 126 Å². The number of rotatable bonds is 2. The highest BCUT2D eigenvalue weighted by atomic mass is 15.0. The molecule has 49 heavy (non-hydrogen) atoms. The molecular formula is C47H43N2+. The summed E-state index contributed by atoms with van der Waals surface area (Å²) in [6, 6.07) is 32.9. The van der Waals surface area contributed by atoms with Crippen LogP contribution in [0.3, 0.4) is 0 Å². The van der Waals surface area contributed by atoms with Crippen molar-refractivity contribution in [2.24, 2.45) is 0 Å². The fourth-order valence-corrected chi connectivity index (χ4v) is 11.8. The van der Waals surface area contributed by atoms with Crippen molar-refractivity contribution in [1.29, 1.82) is 0 Å². The van der Waals surface area contributed by atoms with Crippen molar-refractivity contribution in [3.63, 3.8) is 0 Å². The molecule has 0 amide bonds. The minimum atomic E-state index is -0.0882. The van der Waals surface area contributed by atoms with Gasteiger partial charge in [0.15, 0.2) is 11.9 Å². The summed E-state index contributed by atoms with van der Waals surface area (Å²) in [4.78, 5) is 0. The number of benzene rings is 5. The third-order valence-electron chi connectivity index (χ3n) is 14.0. The molecule has 0 spiro atoms. The van der Waals surface area contributed by atoms with E-state index in [2.05, 4.69) is 142 Å². The molecule has 2 aromatic heterocycles. The van der Waals surface area contributed by atoms with Crippen LogP contribution in [-0.4, -0.2) is 4.57 Å². The molecule has 3 bridgehead atoms. The second-order valence-corrected chi connectivity index (χ2v) is 17.2. The molecule has 7 aromatic rings. The number of fused-ring (bicyclic) bond motifs is 9. The fraction of sp³-hybridized carbons (Fsp3) is 0.298. The van der Waals surface area contributed by atoms with Gasteiger partial charge in [0.1, 0.15) is 0 Å². The zero-order valence-electron chi connectivity index (χ0n) is 29.6. The van der Waals surface area contributed by atoms with Crippen LogP contribution in [0.15, 0.2) is 97.7 Å². The molecule has 4 aliphatic rings. The fourth-order valence-electron chi connectivity index (χ4n) is 11.8. The van der Waals surface area contributed by atoms with Gasteiger partial charge < -0.3 is 4.57 Å². The monoisotopic (exact) mass is 635 g/mol. The van der Waals surface area contributed by atoms with Crippen LogP contribution in [0.4, 0.5) is 0 Å². The SMILES string of the molecule is C=C1[n+]2cc3c4c5ccc6c(-n7c8ccccc8c8cc9c(cc87)C(C)(C)c7ccccc7-9)ccc(c6c52)C1(CC)CCC3(C)CC4(C)C. The van der Waals surface area contributed by atoms with Gasteiger partial charge >= 0.3 is 0 Å². The highest BCUT2D eigenvalue weighted by molar-refractivity contribution is 6.16. The Morgan fingerprint density at radius 1 is 0.694 bits per heavy atom. The normalized spacial score (nSPS) is 23.7. The van der Waals surface area contributed by atoms with Crippen molar-refractivity contribution in [2.45, 2.75) is 88.9 Å². The van der Waals surface area contributed by atoms with E-state index in [1.165, 1.54) is 95.5 Å². The van der Waals surface area contributed by atoms with Crippen molar-refractivity contribution >= 4 is 49.2 Å². The first kappa shape index (κ1) is 28.2. The lowest BCUT2D eigenvalue weighted by molar-refractivity contribution is -0.560. The van der Waals surface area contributed by atoms with E-state index >= 15 is 0 Å². The van der Waals surface area contributed by atoms with Gasteiger partial charge in [-0.2, -0.15) is 4.57 Å². The molecule has 0 saturated heterocycles. The Morgan fingerprint density at radius 3 is 2.31 bits per heavy atom. The molecule has 2 nitrogen and oxygen atoms in total. The average molecular weight is 636 g/mol. The summed E-state index contributed by atoms with van der Waals surface area (Å²) in [5.74, 6) is 0. The molecule has 0 N–H and O–H groups in total. The number of nitrogens with zero attached hydrogens (tertiary/aromatic N) is 2. The van der Waals surface area contributed by atoms with Gasteiger partial charge in [0.05, 0.1) is 32.9 Å². The van der Waals surface area contributed by atoms with E-state index in [0.717, 1.165) is 12.8 Å². The van der Waals surface area contributed by atoms with Crippen LogP contribution < -0.4 is 4.57 Å². The molecule has 0 radical (unpaired) electrons. The molecule has 2 heteroatoms. The lowest BCUT2D eigenvalue weighted by Crippen LogP contribution is -2.50. The van der Waals surface area contributed by atoms with Gasteiger partial charge in [-0.25, -0.2) is 0 Å². The zero-order chi connectivity index (χ0) is 33.4. The van der Waals surface area contributed by atoms with E-state index in [4.69, 9.17) is 6.58 Å². The highest BCUT2D eigenvalue weighted by Crippen LogP contribution is 2.60. The third-order valence-corrected chi connectivity index (χ3v) is 14.0. The third kappa shape index (κ3) is 3.06. The van der Waals surface area contributed by atoms with Crippen LogP contribution in [-0.2, 0) is 21.7 Å². The summed E-state index contributed by atoms with van der Waals surface area (Å²) >= 11 is 0. The predicted molar refractivity (Wildman–Crippen MR) is 205 cm³/mol. The number of para-hydroxylation sites is 1. The summed E-state index contributed by atoms with van der Waals surface area (Å²) in [6.07, 6.45) is 7.09. The summed E-state index contributed by atoms with van der Waals surface area (Å²) in [5, 5.41) is 6.83. The second kappa shape index (κ2) is 8.53. The van der Waals surface area contributed by atoms with Crippen molar-refractivity contribution in [3.8, 4) is 16.8 Å². The summed E-state index contributed by atoms with van der Waals surface area (Å²) in [6.45, 7) is 19.6. The quantitative estimate of drug-likeness (QED) is 0.132. The lowest BCUT2D eigenvalue weighted by atomic mass is 9.64. The first-order chi connectivity index (χ1) is 23.5. The number of pyridine rings is 1. The molecule has 5 aromatic carbocycles. The van der Waals surface area contributed by atoms with E-state index in [1.54, 1.807) is 11.1 Å². The largest absolute Gasteiger partial charge is 0.309 e. The Balaban J connectivity index is 1.30. The van der Waals surface area contributed by atoms with Crippen LogP contribution in [0.5, 0.6) is 0 Å². The Hall–Kier alpha value is -4.69. The first-order valence-electron chi connectivity index (χ1n) is 18.4. The van der Waals surface area contributed by atoms with E-state index < -0.39 is 0 Å². The molecule has 11 rings (SSSR count). The Kier molecular flexibility index (Phi) is 4.91. The van der Waals surface area contributed by atoms with Crippen molar-refractivity contribution in [1.82, 2.24) is 4.57 Å². The van der Waals surface area contributed by atoms with Gasteiger partial charge in [-0.05, 0) is 107 Å². The van der Waals surface area contributed by atoms with Crippen LogP contribution in [0.1, 0.15) is 95.0 Å². The predicted octanol–water partition coefficient (Wildman–Crippen LogP) is 11.5. The van der Waals surface area contributed by atoms with Gasteiger partial charge in [-0.1, -0.05) is 96.1 Å². The smallest absolute Gasteiger partial charge is 0.226 e. The van der Waals surface area contributed by atoms with Crippen molar-refractivity contribution < 1.29 is 4.57 Å². The van der Waals surface area contributed by atoms with Gasteiger partial charge in [0.2, 0.25) is 5.52 Å². The Labute approximate surface area is 288 Å². The van der Waals surface area contributed by atoms with E-state index in [9.17, 15) is 0 Å². The standard InChI is InChI=1S/C47H43N2/c1-8-47-22-21-46(7)26-44(3,4)42-31-18-17-30-39(20-19-35(47)41(30)43(31)48(27(47)2)25-37(42)46)49-38-16-12-10-14-29(38)33-23-32-28-13-9-11-15-34(28)45(5,6)36(32)24-40(33)49/h9-20,23-25H,2,8,21-22,26H2,1,3-7H3/q+1. The zero-order valence-corrected chi connectivity index (χ0v) is 29.6. The molecule has 0 saturated carbocycles. The van der Waals surface area contributed by atoms with Crippen LogP contribution in [0.2, 0.25) is 0 Å². The highest BCUT2D eigenvalue weighted by Gasteiger charge is 2.55. The number of aromatic nitrogens is 2. The van der Waals surface area contributed by atoms with Gasteiger partial charge in [-0.3, -0.25) is 0 Å². The van der Waals surface area contributed by atoms with Crippen molar-refractivity contribution in [2.75, 3.05) is 0 Å². The summed E-state index contributed by atoms with van der Waals surface area (Å²) < 4.78 is 5.13. The molecule has 240 valence electrons. The number of hydrogen-bond acceptors (Lipinski definition) is 0. The second-order valence-electron chi connectivity index (χ2n) is 17.2. The summed E-state index contributed by atoms with van der Waals surface area (Å²) in [7, 11) is 0.